The summed E-state index contributed by atoms with van der Waals surface area (Å²) in [5, 5.41) is 29.1. The van der Waals surface area contributed by atoms with Crippen LogP contribution < -0.4 is 14.2 Å². The fourth-order valence-electron chi connectivity index (χ4n) is 4.53. The number of phenols is 3. The van der Waals surface area contributed by atoms with Gasteiger partial charge in [0, 0.05) is 6.61 Å². The zero-order chi connectivity index (χ0) is 33.8. The number of hydrogen-bond acceptors (Lipinski definition) is 11. The Balaban J connectivity index is 1.54. The van der Waals surface area contributed by atoms with E-state index in [1.54, 1.807) is 42.5 Å². The Labute approximate surface area is 272 Å². The lowest BCUT2D eigenvalue weighted by Crippen LogP contribution is -2.33. The lowest BCUT2D eigenvalue weighted by Gasteiger charge is -2.29. The first-order valence-corrected chi connectivity index (χ1v) is 14.6. The van der Waals surface area contributed by atoms with E-state index in [-0.39, 0.29) is 48.4 Å². The predicted octanol–water partition coefficient (Wildman–Crippen LogP) is 6.07. The van der Waals surface area contributed by atoms with Gasteiger partial charge in [0.25, 0.3) is 0 Å². The van der Waals surface area contributed by atoms with Crippen LogP contribution in [0.3, 0.4) is 0 Å². The monoisotopic (exact) mass is 644 g/mol. The first kappa shape index (κ1) is 34.2. The van der Waals surface area contributed by atoms with E-state index in [2.05, 4.69) is 0 Å². The van der Waals surface area contributed by atoms with Crippen LogP contribution in [0.4, 0.5) is 0 Å². The first-order valence-electron chi connectivity index (χ1n) is 14.6. The van der Waals surface area contributed by atoms with E-state index in [9.17, 15) is 24.9 Å². The Morgan fingerprint density at radius 2 is 1.34 bits per heavy atom. The Morgan fingerprint density at radius 1 is 0.723 bits per heavy atom. The van der Waals surface area contributed by atoms with Gasteiger partial charge in [-0.2, -0.15) is 0 Å². The number of phenolic OH excluding ortho intramolecular Hbond substituents is 3. The predicted molar refractivity (Wildman–Crippen MR) is 172 cm³/mol. The molecule has 0 saturated heterocycles. The lowest BCUT2D eigenvalue weighted by atomic mass is 10.0. The van der Waals surface area contributed by atoms with Crippen LogP contribution in [0.5, 0.6) is 34.5 Å². The molecular weight excluding hydrogens is 608 g/mol. The van der Waals surface area contributed by atoms with Gasteiger partial charge in [0.2, 0.25) is 0 Å². The first-order chi connectivity index (χ1) is 22.7. The van der Waals surface area contributed by atoms with Crippen LogP contribution in [-0.2, 0) is 14.2 Å². The van der Waals surface area contributed by atoms with Crippen molar-refractivity contribution in [3.05, 3.63) is 113 Å². The van der Waals surface area contributed by atoms with Crippen molar-refractivity contribution >= 4 is 18.0 Å². The van der Waals surface area contributed by atoms with Crippen molar-refractivity contribution in [2.24, 2.45) is 0 Å². The lowest BCUT2D eigenvalue weighted by molar-refractivity contribution is -0.0508. The smallest absolute Gasteiger partial charge is 0.338 e. The fourth-order valence-corrected chi connectivity index (χ4v) is 4.53. The van der Waals surface area contributed by atoms with Gasteiger partial charge in [0.1, 0.15) is 30.8 Å². The number of rotatable bonds is 15. The molecule has 47 heavy (non-hydrogen) atoms. The Kier molecular flexibility index (Phi) is 12.1. The third kappa shape index (κ3) is 9.41. The Hall–Kier alpha value is -5.68. The summed E-state index contributed by atoms with van der Waals surface area (Å²) in [5.41, 5.74) is 1.89. The van der Waals surface area contributed by atoms with Crippen LogP contribution in [0.2, 0.25) is 0 Å². The number of esters is 2. The van der Waals surface area contributed by atoms with Gasteiger partial charge in [0.05, 0.1) is 25.3 Å². The molecule has 246 valence electrons. The molecule has 0 aromatic heterocycles. The minimum absolute atomic E-state index is 0.0147. The maximum atomic E-state index is 12.9. The highest BCUT2D eigenvalue weighted by Gasteiger charge is 2.30. The molecule has 3 N–H and O–H groups in total. The van der Waals surface area contributed by atoms with Crippen molar-refractivity contribution in [3.8, 4) is 34.5 Å². The number of methoxy groups -OCH3 is 2. The summed E-state index contributed by atoms with van der Waals surface area (Å²) in [5.74, 6) is -0.193. The molecule has 0 aliphatic rings. The number of carbonyl (C=O) groups is 2. The van der Waals surface area contributed by atoms with E-state index < -0.39 is 24.1 Å². The normalized spacial score (nSPS) is 12.2. The minimum atomic E-state index is -0.889. The standard InChI is InChI=1S/C36H36O11/c1-4-44-34(26-12-17-29(39)31(21-26)42-2)33(22-46-36(41)25-10-15-28(38)16-11-25)47-30-18-7-23(20-32(30)43-3)6-5-19-45-35(40)24-8-13-27(37)14-9-24/h5-18,20-21,33-34,37-39H,4,19,22H2,1-3H3/b6-5+. The van der Waals surface area contributed by atoms with E-state index >= 15 is 0 Å². The van der Waals surface area contributed by atoms with Crippen molar-refractivity contribution < 1.29 is 53.3 Å². The van der Waals surface area contributed by atoms with Crippen molar-refractivity contribution in [1.82, 2.24) is 0 Å². The molecule has 0 bridgehead atoms. The molecule has 2 atom stereocenters. The van der Waals surface area contributed by atoms with Crippen LogP contribution in [0.15, 0.2) is 91.0 Å². The van der Waals surface area contributed by atoms with Gasteiger partial charge in [-0.3, -0.25) is 0 Å². The largest absolute Gasteiger partial charge is 0.508 e. The number of aromatic hydroxyl groups is 3. The molecule has 0 radical (unpaired) electrons. The van der Waals surface area contributed by atoms with Gasteiger partial charge in [-0.15, -0.1) is 0 Å². The summed E-state index contributed by atoms with van der Waals surface area (Å²) in [6, 6.07) is 21.4. The van der Waals surface area contributed by atoms with Crippen molar-refractivity contribution in [2.75, 3.05) is 34.0 Å². The van der Waals surface area contributed by atoms with Crippen LogP contribution in [0.25, 0.3) is 6.08 Å². The van der Waals surface area contributed by atoms with Crippen molar-refractivity contribution in [3.63, 3.8) is 0 Å². The molecule has 0 aliphatic carbocycles. The SMILES string of the molecule is CCOC(c1ccc(O)c(OC)c1)C(COC(=O)c1ccc(O)cc1)Oc1ccc(/C=C/COC(=O)c2ccc(O)cc2)cc1OC. The van der Waals surface area contributed by atoms with Crippen LogP contribution in [0, 0.1) is 0 Å². The molecule has 0 saturated carbocycles. The molecule has 11 heteroatoms. The van der Waals surface area contributed by atoms with Crippen LogP contribution in [0.1, 0.15) is 44.9 Å². The topological polar surface area (TPSA) is 150 Å². The summed E-state index contributed by atoms with van der Waals surface area (Å²) in [7, 11) is 2.92. The van der Waals surface area contributed by atoms with E-state index in [0.29, 0.717) is 22.6 Å². The summed E-state index contributed by atoms with van der Waals surface area (Å²) < 4.78 is 34.3. The highest BCUT2D eigenvalue weighted by atomic mass is 16.6. The second-order valence-corrected chi connectivity index (χ2v) is 10.1. The van der Waals surface area contributed by atoms with E-state index in [1.807, 2.05) is 6.92 Å². The van der Waals surface area contributed by atoms with Gasteiger partial charge in [0.15, 0.2) is 29.1 Å². The minimum Gasteiger partial charge on any atom is -0.508 e. The van der Waals surface area contributed by atoms with Gasteiger partial charge in [-0.05, 0) is 96.9 Å². The molecule has 11 nitrogen and oxygen atoms in total. The second-order valence-electron chi connectivity index (χ2n) is 10.1. The number of hydrogen-bond donors (Lipinski definition) is 3. The molecule has 0 aliphatic heterocycles. The van der Waals surface area contributed by atoms with Gasteiger partial charge >= 0.3 is 11.9 Å². The average Bonchev–Trinajstić information content (AvgIpc) is 3.08. The maximum Gasteiger partial charge on any atom is 0.338 e. The zero-order valence-corrected chi connectivity index (χ0v) is 26.1. The molecule has 0 fully saturated rings. The molecule has 0 amide bonds. The molecule has 4 aromatic carbocycles. The van der Waals surface area contributed by atoms with Gasteiger partial charge in [-0.25, -0.2) is 9.59 Å². The van der Waals surface area contributed by atoms with E-state index in [1.165, 1.54) is 68.8 Å². The third-order valence-corrected chi connectivity index (χ3v) is 6.89. The molecular formula is C36H36O11. The summed E-state index contributed by atoms with van der Waals surface area (Å²) in [4.78, 5) is 25.1. The zero-order valence-electron chi connectivity index (χ0n) is 26.1. The number of carbonyl (C=O) groups excluding carboxylic acids is 2. The summed E-state index contributed by atoms with van der Waals surface area (Å²) >= 11 is 0. The highest BCUT2D eigenvalue weighted by Crippen LogP contribution is 2.36. The van der Waals surface area contributed by atoms with Crippen LogP contribution in [-0.4, -0.2) is 67.4 Å². The summed E-state index contributed by atoms with van der Waals surface area (Å²) in [6.45, 7) is 1.89. The van der Waals surface area contributed by atoms with Gasteiger partial charge < -0.3 is 43.7 Å². The van der Waals surface area contributed by atoms with E-state index in [0.717, 1.165) is 5.56 Å². The number of ether oxygens (including phenoxy) is 6. The molecule has 2 unspecified atom stereocenters. The Morgan fingerprint density at radius 3 is 1.94 bits per heavy atom. The fraction of sp³-hybridized carbons (Fsp3) is 0.222. The average molecular weight is 645 g/mol. The second kappa shape index (κ2) is 16.6. The molecule has 4 rings (SSSR count). The Bertz CT molecular complexity index is 1660. The summed E-state index contributed by atoms with van der Waals surface area (Å²) in [6.07, 6.45) is 1.76. The maximum absolute atomic E-state index is 12.9. The van der Waals surface area contributed by atoms with E-state index in [4.69, 9.17) is 28.4 Å². The molecule has 4 aromatic rings. The van der Waals surface area contributed by atoms with Crippen LogP contribution >= 0.6 is 0 Å². The third-order valence-electron chi connectivity index (χ3n) is 6.89. The van der Waals surface area contributed by atoms with Crippen molar-refractivity contribution in [2.45, 2.75) is 19.1 Å². The quantitative estimate of drug-likeness (QED) is 0.129. The molecule has 0 spiro atoms. The van der Waals surface area contributed by atoms with Crippen molar-refractivity contribution in [1.29, 1.82) is 0 Å². The number of benzene rings is 4. The van der Waals surface area contributed by atoms with Gasteiger partial charge in [-0.1, -0.05) is 18.2 Å². The molecule has 0 heterocycles. The highest BCUT2D eigenvalue weighted by molar-refractivity contribution is 5.90.